The molecule has 0 aliphatic carbocycles. The smallest absolute Gasteiger partial charge is 0.497 e. The fourth-order valence-electron chi connectivity index (χ4n) is 5.11. The molecule has 0 aliphatic rings. The molecule has 252 valence electrons. The molecule has 0 N–H and O–H groups in total. The number of ether oxygens (including phenoxy) is 4. The van der Waals surface area contributed by atoms with E-state index in [1.165, 1.54) is 0 Å². The Bertz CT molecular complexity index is 2000. The molecular weight excluding hydrogens is 740 g/mol. The van der Waals surface area contributed by atoms with Crippen LogP contribution in [0.25, 0.3) is 22.1 Å². The Kier molecular flexibility index (Phi) is 13.4. The molecule has 0 bridgehead atoms. The quantitative estimate of drug-likeness (QED) is 0.178. The van der Waals surface area contributed by atoms with Crippen LogP contribution in [0, 0.1) is 27.7 Å². The zero-order chi connectivity index (χ0) is 34.5. The van der Waals surface area contributed by atoms with Crippen LogP contribution in [0.3, 0.4) is 0 Å². The van der Waals surface area contributed by atoms with Crippen LogP contribution in [-0.2, 0) is 33.1 Å². The number of imidazole rings is 2. The van der Waals surface area contributed by atoms with Crippen LogP contribution < -0.4 is 28.9 Å². The van der Waals surface area contributed by atoms with Crippen molar-refractivity contribution >= 4 is 89.1 Å². The first-order chi connectivity index (χ1) is 23.1. The summed E-state index contributed by atoms with van der Waals surface area (Å²) in [6.07, 6.45) is 3.46. The molecule has 4 aromatic heterocycles. The Morgan fingerprint density at radius 2 is 1.00 bits per heavy atom. The van der Waals surface area contributed by atoms with Crippen molar-refractivity contribution < 1.29 is 27.4 Å². The minimum Gasteiger partial charge on any atom is -0.497 e. The van der Waals surface area contributed by atoms with Gasteiger partial charge in [0.25, 0.3) is 0 Å². The molecule has 6 aromatic rings. The van der Waals surface area contributed by atoms with E-state index in [9.17, 15) is 8.42 Å². The number of methoxy groups -OCH3 is 4. The molecule has 4 heterocycles. The Balaban J connectivity index is 0.000000216. The third kappa shape index (κ3) is 8.70. The van der Waals surface area contributed by atoms with Gasteiger partial charge in [-0.15, -0.1) is 0 Å². The van der Waals surface area contributed by atoms with Crippen LogP contribution in [0.4, 0.5) is 0 Å². The minimum absolute atomic E-state index is 0. The summed E-state index contributed by atoms with van der Waals surface area (Å²) in [6, 6.07) is 10.8. The number of nitrogens with zero attached hydrogens (tertiary/aromatic N) is 6. The molecule has 0 saturated heterocycles. The fourth-order valence-corrected chi connectivity index (χ4v) is 7.24. The summed E-state index contributed by atoms with van der Waals surface area (Å²) in [5.74, 6) is 3.43. The van der Waals surface area contributed by atoms with Crippen molar-refractivity contribution in [2.45, 2.75) is 49.5 Å². The summed E-state index contributed by atoms with van der Waals surface area (Å²) >= 11 is 0. The van der Waals surface area contributed by atoms with Gasteiger partial charge in [-0.25, -0.2) is 0 Å². The van der Waals surface area contributed by atoms with Gasteiger partial charge >= 0.3 is 45.5 Å². The van der Waals surface area contributed by atoms with E-state index in [1.807, 2.05) is 27.7 Å². The van der Waals surface area contributed by atoms with Gasteiger partial charge in [-0.3, -0.25) is 18.4 Å². The summed E-state index contributed by atoms with van der Waals surface area (Å²) in [6.45, 7) is 7.69. The van der Waals surface area contributed by atoms with Gasteiger partial charge < -0.3 is 38.9 Å². The number of aromatic nitrogens is 6. The van der Waals surface area contributed by atoms with Crippen molar-refractivity contribution in [3.8, 4) is 23.0 Å². The standard InChI is InChI=1S/2C17H18N3O3S.Sr/c2*1-10-8-18-15(11(2)16(10)23-4)9-24(21)17-19-13-6-5-12(22-3)7-14(13)20-17;/h2*5-8H,9H2,1-4H3;/q2*-1;+2/t2*24-;/m00./s1. The molecule has 12 nitrogen and oxygen atoms in total. The van der Waals surface area contributed by atoms with Crippen molar-refractivity contribution in [1.29, 1.82) is 0 Å². The monoisotopic (exact) mass is 776 g/mol. The minimum atomic E-state index is -1.38. The number of aryl methyl sites for hydroxylation is 2. The maximum atomic E-state index is 12.6. The van der Waals surface area contributed by atoms with Gasteiger partial charge in [0.2, 0.25) is 0 Å². The number of hydrogen-bond donors (Lipinski definition) is 0. The van der Waals surface area contributed by atoms with Gasteiger partial charge in [0.15, 0.2) is 0 Å². The van der Waals surface area contributed by atoms with Gasteiger partial charge in [0.1, 0.15) is 23.0 Å². The molecule has 49 heavy (non-hydrogen) atoms. The predicted molar refractivity (Wildman–Crippen MR) is 190 cm³/mol. The molecule has 0 unspecified atom stereocenters. The van der Waals surface area contributed by atoms with Crippen molar-refractivity contribution in [3.63, 3.8) is 0 Å². The second-order valence-electron chi connectivity index (χ2n) is 10.8. The second kappa shape index (κ2) is 17.1. The average molecular weight is 776 g/mol. The number of pyridine rings is 2. The molecule has 0 saturated carbocycles. The van der Waals surface area contributed by atoms with Crippen molar-refractivity contribution in [2.24, 2.45) is 0 Å². The van der Waals surface area contributed by atoms with E-state index in [1.54, 1.807) is 77.2 Å². The van der Waals surface area contributed by atoms with Crippen LogP contribution in [0.15, 0.2) is 59.1 Å². The van der Waals surface area contributed by atoms with Gasteiger partial charge in [-0.2, -0.15) is 0 Å². The van der Waals surface area contributed by atoms with Crippen LogP contribution >= 0.6 is 0 Å². The fraction of sp³-hybridized carbons (Fsp3) is 0.294. The molecule has 2 aromatic carbocycles. The van der Waals surface area contributed by atoms with E-state index < -0.39 is 21.6 Å². The number of rotatable bonds is 10. The maximum Gasteiger partial charge on any atom is 2.00 e. The Morgan fingerprint density at radius 3 is 1.35 bits per heavy atom. The largest absolute Gasteiger partial charge is 2.00 e. The molecule has 2 atom stereocenters. The Labute approximate surface area is 327 Å². The van der Waals surface area contributed by atoms with E-state index in [0.29, 0.717) is 43.9 Å². The second-order valence-corrected chi connectivity index (χ2v) is 13.5. The molecule has 15 heteroatoms. The van der Waals surface area contributed by atoms with Crippen molar-refractivity contribution in [2.75, 3.05) is 28.4 Å². The molecule has 0 fully saturated rings. The molecular formula is C34H36N6O6S2Sr. The van der Waals surface area contributed by atoms with Crippen LogP contribution in [0.5, 0.6) is 23.0 Å². The summed E-state index contributed by atoms with van der Waals surface area (Å²) < 4.78 is 46.4. The third-order valence-corrected chi connectivity index (χ3v) is 9.92. The van der Waals surface area contributed by atoms with Gasteiger partial charge in [-0.1, -0.05) is 12.1 Å². The topological polar surface area (TPSA) is 151 Å². The van der Waals surface area contributed by atoms with Crippen LogP contribution in [0.2, 0.25) is 0 Å². The molecule has 0 radical (unpaired) electrons. The molecule has 6 rings (SSSR count). The van der Waals surface area contributed by atoms with Crippen molar-refractivity contribution in [1.82, 2.24) is 29.9 Å². The summed E-state index contributed by atoms with van der Waals surface area (Å²) in [5.41, 5.74) is 7.87. The normalized spacial score (nSPS) is 12.1. The van der Waals surface area contributed by atoms with Gasteiger partial charge in [-0.05, 0) is 74.0 Å². The zero-order valence-electron chi connectivity index (χ0n) is 28.7. The maximum absolute atomic E-state index is 12.6. The zero-order valence-corrected chi connectivity index (χ0v) is 33.8. The first kappa shape index (κ1) is 38.5. The molecule has 0 amide bonds. The Morgan fingerprint density at radius 1 is 0.612 bits per heavy atom. The van der Waals surface area contributed by atoms with Crippen molar-refractivity contribution in [3.05, 3.63) is 82.4 Å². The predicted octanol–water partition coefficient (Wildman–Crippen LogP) is 4.68. The number of fused-ring (bicyclic) bond motifs is 2. The molecule has 0 aliphatic heterocycles. The van der Waals surface area contributed by atoms with E-state index in [-0.39, 0.29) is 57.0 Å². The Hall–Kier alpha value is -3.34. The van der Waals surface area contributed by atoms with Gasteiger partial charge in [0, 0.05) is 45.0 Å². The molecule has 0 spiro atoms. The SMILES string of the molecule is COc1ccc2[n-]c([S@@](=O)Cc3ncc(C)c(OC)c3C)nc2c1.COc1ccc2[n-]c([S@@](=O)Cc3ncc(C)c(OC)c3C)nc2c1.[Sr+2]. The third-order valence-electron chi connectivity index (χ3n) is 7.67. The van der Waals surface area contributed by atoms with E-state index in [0.717, 1.165) is 45.1 Å². The van der Waals surface area contributed by atoms with Gasteiger partial charge in [0.05, 0.1) is 72.9 Å². The van der Waals surface area contributed by atoms with E-state index in [2.05, 4.69) is 29.9 Å². The average Bonchev–Trinajstić information content (AvgIpc) is 3.72. The summed E-state index contributed by atoms with van der Waals surface area (Å²) in [5, 5.41) is 0.609. The summed E-state index contributed by atoms with van der Waals surface area (Å²) in [7, 11) is 3.66. The van der Waals surface area contributed by atoms with Crippen LogP contribution in [0.1, 0.15) is 33.6 Å². The number of benzene rings is 2. The van der Waals surface area contributed by atoms with Crippen LogP contribution in [-0.4, -0.2) is 102 Å². The van der Waals surface area contributed by atoms with E-state index >= 15 is 0 Å². The first-order valence-corrected chi connectivity index (χ1v) is 17.4. The first-order valence-electron chi connectivity index (χ1n) is 14.8. The summed E-state index contributed by atoms with van der Waals surface area (Å²) in [4.78, 5) is 26.2. The number of hydrogen-bond acceptors (Lipinski definition) is 10. The van der Waals surface area contributed by atoms with E-state index in [4.69, 9.17) is 18.9 Å².